The van der Waals surface area contributed by atoms with Crippen molar-refractivity contribution >= 4 is 11.8 Å². The number of piperidine rings is 1. The Labute approximate surface area is 182 Å². The molecule has 1 unspecified atom stereocenters. The van der Waals surface area contributed by atoms with Crippen molar-refractivity contribution in [2.24, 2.45) is 16.8 Å². The largest absolute Gasteiger partial charge is 0.379 e. The molecule has 168 valence electrons. The maximum Gasteiger partial charge on any atom is 0.191 e. The van der Waals surface area contributed by atoms with Gasteiger partial charge >= 0.3 is 0 Å². The van der Waals surface area contributed by atoms with Crippen LogP contribution in [-0.2, 0) is 11.3 Å². The summed E-state index contributed by atoms with van der Waals surface area (Å²) < 4.78 is 5.51. The van der Waals surface area contributed by atoms with Crippen molar-refractivity contribution in [1.29, 1.82) is 0 Å². The lowest BCUT2D eigenvalue weighted by Crippen LogP contribution is -2.52. The van der Waals surface area contributed by atoms with Crippen molar-refractivity contribution in [3.8, 4) is 0 Å². The molecule has 3 rings (SSSR count). The van der Waals surface area contributed by atoms with Gasteiger partial charge in [0.25, 0.3) is 0 Å². The summed E-state index contributed by atoms with van der Waals surface area (Å²) in [5.41, 5.74) is 1.17. The van der Waals surface area contributed by atoms with E-state index in [0.717, 1.165) is 63.6 Å². The molecule has 1 atom stereocenters. The zero-order valence-electron chi connectivity index (χ0n) is 19.2. The first-order chi connectivity index (χ1) is 14.6. The highest BCUT2D eigenvalue weighted by atomic mass is 16.5. The maximum absolute atomic E-state index is 5.51. The Bertz CT molecular complexity index is 648. The van der Waals surface area contributed by atoms with Crippen LogP contribution in [0.1, 0.15) is 39.2 Å². The predicted molar refractivity (Wildman–Crippen MR) is 124 cm³/mol. The second-order valence-electron chi connectivity index (χ2n) is 8.96. The Morgan fingerprint density at radius 1 is 1.17 bits per heavy atom. The van der Waals surface area contributed by atoms with E-state index < -0.39 is 0 Å². The van der Waals surface area contributed by atoms with Gasteiger partial charge in [-0.05, 0) is 36.3 Å². The van der Waals surface area contributed by atoms with E-state index in [4.69, 9.17) is 9.72 Å². The monoisotopic (exact) mass is 416 g/mol. The number of hydrogen-bond donors (Lipinski definition) is 2. The molecule has 0 saturated carbocycles. The Balaban J connectivity index is 1.46. The van der Waals surface area contributed by atoms with E-state index in [1.807, 2.05) is 13.2 Å². The molecule has 3 heterocycles. The molecule has 2 aliphatic heterocycles. The van der Waals surface area contributed by atoms with Gasteiger partial charge in [-0.1, -0.05) is 26.8 Å². The number of nitrogens with zero attached hydrogens (tertiary/aromatic N) is 4. The number of aliphatic imine (C=N–C) groups is 1. The van der Waals surface area contributed by atoms with Gasteiger partial charge in [0.15, 0.2) is 5.96 Å². The van der Waals surface area contributed by atoms with Crippen LogP contribution in [0.15, 0.2) is 23.3 Å². The lowest BCUT2D eigenvalue weighted by molar-refractivity contribution is 0.00752. The second-order valence-corrected chi connectivity index (χ2v) is 8.96. The Kier molecular flexibility index (Phi) is 8.75. The first-order valence-corrected chi connectivity index (χ1v) is 11.5. The summed E-state index contributed by atoms with van der Waals surface area (Å²) in [4.78, 5) is 14.0. The molecule has 2 aliphatic rings. The highest BCUT2D eigenvalue weighted by molar-refractivity contribution is 5.79. The molecule has 30 heavy (non-hydrogen) atoms. The van der Waals surface area contributed by atoms with Gasteiger partial charge < -0.3 is 20.3 Å². The van der Waals surface area contributed by atoms with Crippen LogP contribution in [0.2, 0.25) is 0 Å². The van der Waals surface area contributed by atoms with Crippen molar-refractivity contribution in [3.63, 3.8) is 0 Å². The molecular weight excluding hydrogens is 376 g/mol. The van der Waals surface area contributed by atoms with Crippen molar-refractivity contribution < 1.29 is 4.74 Å². The Morgan fingerprint density at radius 3 is 2.50 bits per heavy atom. The number of ether oxygens (including phenoxy) is 1. The highest BCUT2D eigenvalue weighted by Crippen LogP contribution is 2.21. The van der Waals surface area contributed by atoms with Crippen LogP contribution in [0.4, 0.5) is 5.82 Å². The molecule has 0 spiro atoms. The summed E-state index contributed by atoms with van der Waals surface area (Å²) in [6.45, 7) is 14.4. The minimum Gasteiger partial charge on any atom is -0.379 e. The second kappa shape index (κ2) is 11.5. The average molecular weight is 417 g/mol. The number of hydrogen-bond acceptors (Lipinski definition) is 5. The lowest BCUT2D eigenvalue weighted by atomic mass is 9.99. The third kappa shape index (κ3) is 6.57. The van der Waals surface area contributed by atoms with E-state index in [-0.39, 0.29) is 0 Å². The van der Waals surface area contributed by atoms with Crippen LogP contribution < -0.4 is 15.5 Å². The average Bonchev–Trinajstić information content (AvgIpc) is 2.77. The molecule has 2 fully saturated rings. The fourth-order valence-corrected chi connectivity index (χ4v) is 4.25. The maximum atomic E-state index is 5.51. The summed E-state index contributed by atoms with van der Waals surface area (Å²) in [5, 5.41) is 6.94. The summed E-state index contributed by atoms with van der Waals surface area (Å²) in [6, 6.07) is 4.79. The lowest BCUT2D eigenvalue weighted by Gasteiger charge is -2.37. The number of guanidine groups is 1. The summed E-state index contributed by atoms with van der Waals surface area (Å²) in [6.07, 6.45) is 4.50. The van der Waals surface area contributed by atoms with E-state index in [9.17, 15) is 0 Å². The number of nitrogens with one attached hydrogen (secondary N) is 2. The zero-order chi connectivity index (χ0) is 21.3. The number of anilines is 1. The minimum atomic E-state index is 0.473. The van der Waals surface area contributed by atoms with Crippen LogP contribution in [0.5, 0.6) is 0 Å². The van der Waals surface area contributed by atoms with Crippen molar-refractivity contribution in [2.45, 2.75) is 46.2 Å². The van der Waals surface area contributed by atoms with Gasteiger partial charge in [0.2, 0.25) is 0 Å². The SMILES string of the molecule is CN=C(NCc1ccc(N2CCC(C)CC2)nc1)NCC(C(C)C)N1CCOCC1. The van der Waals surface area contributed by atoms with E-state index in [1.54, 1.807) is 0 Å². The number of morpholine rings is 1. The molecule has 0 aliphatic carbocycles. The fourth-order valence-electron chi connectivity index (χ4n) is 4.25. The van der Waals surface area contributed by atoms with Crippen molar-refractivity contribution in [1.82, 2.24) is 20.5 Å². The standard InChI is InChI=1S/C23H40N6O/c1-18(2)21(28-11-13-30-14-12-28)17-27-23(24-4)26-16-20-5-6-22(25-15-20)29-9-7-19(3)8-10-29/h5-6,15,18-19,21H,7-14,16-17H2,1-4H3,(H2,24,26,27). The molecule has 2 saturated heterocycles. The molecule has 2 N–H and O–H groups in total. The van der Waals surface area contributed by atoms with E-state index >= 15 is 0 Å². The summed E-state index contributed by atoms with van der Waals surface area (Å²) >= 11 is 0. The van der Waals surface area contributed by atoms with Gasteiger partial charge in [0.1, 0.15) is 5.82 Å². The van der Waals surface area contributed by atoms with E-state index in [2.05, 4.69) is 58.3 Å². The number of rotatable bonds is 7. The molecule has 0 radical (unpaired) electrons. The van der Waals surface area contributed by atoms with Gasteiger partial charge in [0.05, 0.1) is 13.2 Å². The van der Waals surface area contributed by atoms with E-state index in [0.29, 0.717) is 18.5 Å². The molecule has 1 aromatic rings. The zero-order valence-corrected chi connectivity index (χ0v) is 19.2. The minimum absolute atomic E-state index is 0.473. The van der Waals surface area contributed by atoms with Gasteiger partial charge in [0, 0.05) is 58.6 Å². The van der Waals surface area contributed by atoms with Crippen LogP contribution in [0.25, 0.3) is 0 Å². The van der Waals surface area contributed by atoms with Crippen molar-refractivity contribution in [2.75, 3.05) is 57.9 Å². The molecular formula is C23H40N6O. The molecule has 0 bridgehead atoms. The first kappa shape index (κ1) is 22.8. The summed E-state index contributed by atoms with van der Waals surface area (Å²) in [5.74, 6) is 3.34. The predicted octanol–water partition coefficient (Wildman–Crippen LogP) is 2.34. The van der Waals surface area contributed by atoms with Crippen LogP contribution in [0, 0.1) is 11.8 Å². The molecule has 7 nitrogen and oxygen atoms in total. The quantitative estimate of drug-likeness (QED) is 0.525. The molecule has 0 aromatic carbocycles. The van der Waals surface area contributed by atoms with Crippen LogP contribution in [-0.4, -0.2) is 74.9 Å². The van der Waals surface area contributed by atoms with Crippen molar-refractivity contribution in [3.05, 3.63) is 23.9 Å². The summed E-state index contributed by atoms with van der Waals surface area (Å²) in [7, 11) is 1.83. The van der Waals surface area contributed by atoms with Gasteiger partial charge in [-0.15, -0.1) is 0 Å². The fraction of sp³-hybridized carbons (Fsp3) is 0.739. The molecule has 1 aromatic heterocycles. The smallest absolute Gasteiger partial charge is 0.191 e. The normalized spacial score (nSPS) is 20.4. The Hall–Kier alpha value is -1.86. The molecule has 7 heteroatoms. The van der Waals surface area contributed by atoms with Crippen LogP contribution in [0.3, 0.4) is 0 Å². The number of pyridine rings is 1. The topological polar surface area (TPSA) is 65.0 Å². The Morgan fingerprint density at radius 2 is 1.90 bits per heavy atom. The molecule has 0 amide bonds. The van der Waals surface area contributed by atoms with Gasteiger partial charge in [-0.25, -0.2) is 4.98 Å². The number of aromatic nitrogens is 1. The van der Waals surface area contributed by atoms with Gasteiger partial charge in [-0.2, -0.15) is 0 Å². The van der Waals surface area contributed by atoms with E-state index in [1.165, 1.54) is 18.4 Å². The third-order valence-corrected chi connectivity index (χ3v) is 6.36. The first-order valence-electron chi connectivity index (χ1n) is 11.5. The van der Waals surface area contributed by atoms with Gasteiger partial charge in [-0.3, -0.25) is 9.89 Å². The third-order valence-electron chi connectivity index (χ3n) is 6.36. The highest BCUT2D eigenvalue weighted by Gasteiger charge is 2.24. The van der Waals surface area contributed by atoms with Crippen LogP contribution >= 0.6 is 0 Å².